The number of nitrogens with zero attached hydrogens (tertiary/aromatic N) is 4. The van der Waals surface area contributed by atoms with Crippen molar-refractivity contribution in [2.45, 2.75) is 39.2 Å². The minimum Gasteiger partial charge on any atom is -0.377 e. The van der Waals surface area contributed by atoms with Gasteiger partial charge in [-0.05, 0) is 38.8 Å². The van der Waals surface area contributed by atoms with Gasteiger partial charge in [0.2, 0.25) is 0 Å². The molecule has 0 aliphatic carbocycles. The lowest BCUT2D eigenvalue weighted by atomic mass is 9.92. The summed E-state index contributed by atoms with van der Waals surface area (Å²) in [5, 5.41) is 0. The van der Waals surface area contributed by atoms with Crippen LogP contribution in [0.3, 0.4) is 0 Å². The number of pyridine rings is 1. The van der Waals surface area contributed by atoms with Crippen LogP contribution < -0.4 is 0 Å². The molecule has 6 nitrogen and oxygen atoms in total. The molecule has 0 spiro atoms. The van der Waals surface area contributed by atoms with Crippen LogP contribution >= 0.6 is 0 Å². The second-order valence-electron chi connectivity index (χ2n) is 6.27. The van der Waals surface area contributed by atoms with E-state index >= 15 is 0 Å². The van der Waals surface area contributed by atoms with Crippen LogP contribution in [0.2, 0.25) is 0 Å². The number of aromatic nitrogens is 3. The third-order valence-electron chi connectivity index (χ3n) is 4.46. The van der Waals surface area contributed by atoms with Gasteiger partial charge in [-0.3, -0.25) is 9.78 Å². The van der Waals surface area contributed by atoms with Crippen LogP contribution in [-0.2, 0) is 11.3 Å². The fourth-order valence-corrected chi connectivity index (χ4v) is 3.23. The maximum atomic E-state index is 12.7. The number of hydrogen-bond donors (Lipinski definition) is 0. The summed E-state index contributed by atoms with van der Waals surface area (Å²) in [6, 6.07) is 5.43. The Morgan fingerprint density at radius 1 is 1.36 bits per heavy atom. The number of carbonyl (C=O) groups excluding carboxylic acids is 1. The Morgan fingerprint density at radius 3 is 3.00 bits per heavy atom. The number of amides is 1. The van der Waals surface area contributed by atoms with Gasteiger partial charge in [0.1, 0.15) is 11.5 Å². The molecule has 1 amide bonds. The van der Waals surface area contributed by atoms with Crippen molar-refractivity contribution in [1.82, 2.24) is 19.9 Å². The third-order valence-corrected chi connectivity index (χ3v) is 4.46. The molecule has 2 aromatic heterocycles. The number of piperidine rings is 1. The molecule has 0 saturated carbocycles. The topological polar surface area (TPSA) is 68.2 Å². The SMILES string of the molecule is CCOCc1cnc(C)nc1C1CCCN(C(=O)c2ccccn2)C1. The molecule has 1 saturated heterocycles. The molecule has 0 radical (unpaired) electrons. The van der Waals surface area contributed by atoms with E-state index in [9.17, 15) is 4.79 Å². The predicted molar refractivity (Wildman–Crippen MR) is 94.2 cm³/mol. The molecule has 0 bridgehead atoms. The summed E-state index contributed by atoms with van der Waals surface area (Å²) in [4.78, 5) is 27.8. The van der Waals surface area contributed by atoms with E-state index in [4.69, 9.17) is 4.74 Å². The maximum Gasteiger partial charge on any atom is 0.272 e. The average Bonchev–Trinajstić information content (AvgIpc) is 2.67. The van der Waals surface area contributed by atoms with Crippen LogP contribution in [0.15, 0.2) is 30.6 Å². The first-order valence-corrected chi connectivity index (χ1v) is 8.79. The molecule has 0 N–H and O–H groups in total. The molecular formula is C19H24N4O2. The second-order valence-corrected chi connectivity index (χ2v) is 6.27. The number of rotatable bonds is 5. The van der Waals surface area contributed by atoms with E-state index in [0.717, 1.165) is 36.5 Å². The number of carbonyl (C=O) groups is 1. The van der Waals surface area contributed by atoms with Crippen molar-refractivity contribution in [2.24, 2.45) is 0 Å². The Bertz CT molecular complexity index is 721. The van der Waals surface area contributed by atoms with Crippen LogP contribution in [0, 0.1) is 6.92 Å². The van der Waals surface area contributed by atoms with E-state index in [2.05, 4.69) is 15.0 Å². The Balaban J connectivity index is 1.79. The molecule has 3 heterocycles. The second kappa shape index (κ2) is 8.16. The van der Waals surface area contributed by atoms with Crippen molar-refractivity contribution >= 4 is 5.91 Å². The first-order valence-electron chi connectivity index (χ1n) is 8.79. The molecule has 1 fully saturated rings. The lowest BCUT2D eigenvalue weighted by Crippen LogP contribution is -2.40. The summed E-state index contributed by atoms with van der Waals surface area (Å²) in [6.45, 7) is 6.46. The molecule has 1 aliphatic heterocycles. The summed E-state index contributed by atoms with van der Waals surface area (Å²) in [6.07, 6.45) is 5.48. The average molecular weight is 340 g/mol. The lowest BCUT2D eigenvalue weighted by Gasteiger charge is -2.33. The molecule has 132 valence electrons. The largest absolute Gasteiger partial charge is 0.377 e. The number of aryl methyl sites for hydroxylation is 1. The highest BCUT2D eigenvalue weighted by molar-refractivity contribution is 5.92. The van der Waals surface area contributed by atoms with Gasteiger partial charge in [0.25, 0.3) is 5.91 Å². The minimum absolute atomic E-state index is 0.0116. The van der Waals surface area contributed by atoms with Gasteiger partial charge in [-0.15, -0.1) is 0 Å². The van der Waals surface area contributed by atoms with E-state index in [1.54, 1.807) is 12.3 Å². The maximum absolute atomic E-state index is 12.7. The normalized spacial score (nSPS) is 17.5. The quantitative estimate of drug-likeness (QED) is 0.837. The fraction of sp³-hybridized carbons (Fsp3) is 0.474. The van der Waals surface area contributed by atoms with Crippen molar-refractivity contribution in [3.8, 4) is 0 Å². The fourth-order valence-electron chi connectivity index (χ4n) is 3.23. The van der Waals surface area contributed by atoms with Gasteiger partial charge in [-0.1, -0.05) is 6.07 Å². The van der Waals surface area contributed by atoms with Crippen molar-refractivity contribution in [2.75, 3.05) is 19.7 Å². The molecule has 2 aromatic rings. The van der Waals surface area contributed by atoms with Gasteiger partial charge < -0.3 is 9.64 Å². The molecular weight excluding hydrogens is 316 g/mol. The monoisotopic (exact) mass is 340 g/mol. The Morgan fingerprint density at radius 2 is 2.24 bits per heavy atom. The van der Waals surface area contributed by atoms with Gasteiger partial charge in [-0.2, -0.15) is 0 Å². The summed E-state index contributed by atoms with van der Waals surface area (Å²) < 4.78 is 5.56. The van der Waals surface area contributed by atoms with Crippen molar-refractivity contribution in [3.63, 3.8) is 0 Å². The molecule has 3 rings (SSSR count). The Kier molecular flexibility index (Phi) is 5.71. The number of ether oxygens (including phenoxy) is 1. The van der Waals surface area contributed by atoms with Gasteiger partial charge in [0, 0.05) is 43.6 Å². The molecule has 1 atom stereocenters. The third kappa shape index (κ3) is 4.20. The van der Waals surface area contributed by atoms with E-state index < -0.39 is 0 Å². The van der Waals surface area contributed by atoms with E-state index in [-0.39, 0.29) is 11.8 Å². The predicted octanol–water partition coefficient (Wildman–Crippen LogP) is 2.74. The number of hydrogen-bond acceptors (Lipinski definition) is 5. The molecule has 25 heavy (non-hydrogen) atoms. The zero-order valence-corrected chi connectivity index (χ0v) is 14.8. The standard InChI is InChI=1S/C19H24N4O2/c1-3-25-13-16-11-21-14(2)22-18(16)15-7-6-10-23(12-15)19(24)17-8-4-5-9-20-17/h4-5,8-9,11,15H,3,6-7,10,12-13H2,1-2H3. The van der Waals surface area contributed by atoms with Gasteiger partial charge in [-0.25, -0.2) is 9.97 Å². The van der Waals surface area contributed by atoms with Crippen LogP contribution in [0.1, 0.15) is 53.3 Å². The molecule has 0 aromatic carbocycles. The Labute approximate surface area is 148 Å². The van der Waals surface area contributed by atoms with Crippen LogP contribution in [-0.4, -0.2) is 45.5 Å². The smallest absolute Gasteiger partial charge is 0.272 e. The number of likely N-dealkylation sites (tertiary alicyclic amines) is 1. The molecule has 1 unspecified atom stereocenters. The van der Waals surface area contributed by atoms with E-state index in [1.807, 2.05) is 37.1 Å². The zero-order valence-electron chi connectivity index (χ0n) is 14.8. The van der Waals surface area contributed by atoms with Crippen molar-refractivity contribution in [3.05, 3.63) is 53.4 Å². The summed E-state index contributed by atoms with van der Waals surface area (Å²) >= 11 is 0. The lowest BCUT2D eigenvalue weighted by molar-refractivity contribution is 0.0698. The van der Waals surface area contributed by atoms with Crippen LogP contribution in [0.4, 0.5) is 0 Å². The van der Waals surface area contributed by atoms with E-state index in [1.165, 1.54) is 0 Å². The highest BCUT2D eigenvalue weighted by Crippen LogP contribution is 2.29. The minimum atomic E-state index is -0.0116. The summed E-state index contributed by atoms with van der Waals surface area (Å²) in [5.41, 5.74) is 2.53. The van der Waals surface area contributed by atoms with Crippen LogP contribution in [0.25, 0.3) is 0 Å². The van der Waals surface area contributed by atoms with E-state index in [0.29, 0.717) is 25.5 Å². The van der Waals surface area contributed by atoms with Crippen molar-refractivity contribution in [1.29, 1.82) is 0 Å². The molecule has 1 aliphatic rings. The van der Waals surface area contributed by atoms with Gasteiger partial charge >= 0.3 is 0 Å². The van der Waals surface area contributed by atoms with Gasteiger partial charge in [0.05, 0.1) is 12.3 Å². The first-order chi connectivity index (χ1) is 12.2. The molecule has 6 heteroatoms. The summed E-state index contributed by atoms with van der Waals surface area (Å²) in [5.74, 6) is 0.949. The highest BCUT2D eigenvalue weighted by Gasteiger charge is 2.28. The van der Waals surface area contributed by atoms with Crippen LogP contribution in [0.5, 0.6) is 0 Å². The zero-order chi connectivity index (χ0) is 17.6. The van der Waals surface area contributed by atoms with Gasteiger partial charge in [0.15, 0.2) is 0 Å². The first kappa shape index (κ1) is 17.5. The highest BCUT2D eigenvalue weighted by atomic mass is 16.5. The van der Waals surface area contributed by atoms with Crippen molar-refractivity contribution < 1.29 is 9.53 Å². The Hall–Kier alpha value is -2.34. The summed E-state index contributed by atoms with van der Waals surface area (Å²) in [7, 11) is 0.